The first-order chi connectivity index (χ1) is 9.35. The van der Waals surface area contributed by atoms with Crippen molar-refractivity contribution in [3.05, 3.63) is 29.7 Å². The number of rotatable bonds is 4. The van der Waals surface area contributed by atoms with E-state index in [0.717, 1.165) is 25.0 Å². The summed E-state index contributed by atoms with van der Waals surface area (Å²) < 4.78 is 10.8. The third-order valence-electron chi connectivity index (χ3n) is 3.18. The van der Waals surface area contributed by atoms with Crippen LogP contribution in [0, 0.1) is 0 Å². The van der Waals surface area contributed by atoms with Crippen LogP contribution in [0.15, 0.2) is 22.9 Å². The highest BCUT2D eigenvalue weighted by Gasteiger charge is 2.19. The maximum Gasteiger partial charge on any atom is 0.276 e. The second kappa shape index (κ2) is 5.46. The molecule has 2 N–H and O–H groups in total. The fraction of sp³-hybridized carbons (Fsp3) is 0.462. The summed E-state index contributed by atoms with van der Waals surface area (Å²) in [5.41, 5.74) is 7.17. The number of hydrogen-bond acceptors (Lipinski definition) is 6. The third-order valence-corrected chi connectivity index (χ3v) is 3.18. The van der Waals surface area contributed by atoms with Crippen molar-refractivity contribution in [2.45, 2.75) is 31.9 Å². The second-order valence-electron chi connectivity index (χ2n) is 4.61. The molecule has 1 saturated heterocycles. The van der Waals surface area contributed by atoms with E-state index in [1.165, 1.54) is 0 Å². The SMILES string of the molecule is NCc1ccc(-c2nc(CC3CCCO3)no2)nc1. The van der Waals surface area contributed by atoms with Gasteiger partial charge in [-0.1, -0.05) is 11.2 Å². The van der Waals surface area contributed by atoms with Crippen molar-refractivity contribution in [1.29, 1.82) is 0 Å². The van der Waals surface area contributed by atoms with E-state index in [1.54, 1.807) is 6.20 Å². The Morgan fingerprint density at radius 3 is 3.00 bits per heavy atom. The summed E-state index contributed by atoms with van der Waals surface area (Å²) in [6, 6.07) is 3.75. The Balaban J connectivity index is 1.72. The molecule has 1 fully saturated rings. The molecule has 3 heterocycles. The molecule has 0 aromatic carbocycles. The molecule has 1 aliphatic heterocycles. The zero-order valence-electron chi connectivity index (χ0n) is 10.6. The molecule has 2 aromatic heterocycles. The van der Waals surface area contributed by atoms with E-state index in [1.807, 2.05) is 12.1 Å². The molecular weight excluding hydrogens is 244 g/mol. The van der Waals surface area contributed by atoms with Crippen molar-refractivity contribution in [3.8, 4) is 11.6 Å². The van der Waals surface area contributed by atoms with E-state index >= 15 is 0 Å². The van der Waals surface area contributed by atoms with Crippen molar-refractivity contribution in [3.63, 3.8) is 0 Å². The predicted octanol–water partition coefficient (Wildman–Crippen LogP) is 1.31. The molecule has 6 nitrogen and oxygen atoms in total. The number of aromatic nitrogens is 3. The highest BCUT2D eigenvalue weighted by atomic mass is 16.5. The van der Waals surface area contributed by atoms with Gasteiger partial charge in [0, 0.05) is 25.8 Å². The molecule has 1 atom stereocenters. The average Bonchev–Trinajstić information content (AvgIpc) is 3.11. The highest BCUT2D eigenvalue weighted by molar-refractivity contribution is 5.46. The maximum atomic E-state index is 5.55. The van der Waals surface area contributed by atoms with Gasteiger partial charge in [-0.15, -0.1) is 0 Å². The predicted molar refractivity (Wildman–Crippen MR) is 68.1 cm³/mol. The second-order valence-corrected chi connectivity index (χ2v) is 4.61. The van der Waals surface area contributed by atoms with Crippen LogP contribution < -0.4 is 5.73 Å². The Bertz CT molecular complexity index is 532. The number of ether oxygens (including phenoxy) is 1. The molecule has 0 saturated carbocycles. The highest BCUT2D eigenvalue weighted by Crippen LogP contribution is 2.18. The lowest BCUT2D eigenvalue weighted by molar-refractivity contribution is 0.109. The summed E-state index contributed by atoms with van der Waals surface area (Å²) in [5.74, 6) is 1.11. The molecule has 0 amide bonds. The maximum absolute atomic E-state index is 5.55. The number of nitrogens with two attached hydrogens (primary N) is 1. The van der Waals surface area contributed by atoms with Crippen molar-refractivity contribution >= 4 is 0 Å². The Morgan fingerprint density at radius 1 is 1.37 bits per heavy atom. The Morgan fingerprint density at radius 2 is 2.32 bits per heavy atom. The minimum Gasteiger partial charge on any atom is -0.378 e. The minimum absolute atomic E-state index is 0.220. The summed E-state index contributed by atoms with van der Waals surface area (Å²) in [7, 11) is 0. The van der Waals surface area contributed by atoms with Crippen LogP contribution in [0.25, 0.3) is 11.6 Å². The topological polar surface area (TPSA) is 87.1 Å². The van der Waals surface area contributed by atoms with Crippen LogP contribution in [0.2, 0.25) is 0 Å². The van der Waals surface area contributed by atoms with Crippen molar-refractivity contribution in [2.75, 3.05) is 6.61 Å². The van der Waals surface area contributed by atoms with E-state index in [-0.39, 0.29) is 6.10 Å². The molecule has 0 spiro atoms. The van der Waals surface area contributed by atoms with Gasteiger partial charge in [-0.2, -0.15) is 4.98 Å². The lowest BCUT2D eigenvalue weighted by Gasteiger charge is -2.03. The van der Waals surface area contributed by atoms with Gasteiger partial charge in [0.1, 0.15) is 5.69 Å². The monoisotopic (exact) mass is 260 g/mol. The van der Waals surface area contributed by atoms with Gasteiger partial charge in [0.2, 0.25) is 0 Å². The lowest BCUT2D eigenvalue weighted by atomic mass is 10.2. The van der Waals surface area contributed by atoms with Gasteiger partial charge in [0.25, 0.3) is 5.89 Å². The molecule has 100 valence electrons. The Hall–Kier alpha value is -1.79. The summed E-state index contributed by atoms with van der Waals surface area (Å²) in [5, 5.41) is 3.97. The summed E-state index contributed by atoms with van der Waals surface area (Å²) >= 11 is 0. The quantitative estimate of drug-likeness (QED) is 0.891. The van der Waals surface area contributed by atoms with E-state index in [4.69, 9.17) is 15.0 Å². The molecule has 1 unspecified atom stereocenters. The first kappa shape index (κ1) is 12.3. The van der Waals surface area contributed by atoms with E-state index in [9.17, 15) is 0 Å². The van der Waals surface area contributed by atoms with Crippen LogP contribution in [0.3, 0.4) is 0 Å². The van der Waals surface area contributed by atoms with E-state index < -0.39 is 0 Å². The molecule has 3 rings (SSSR count). The first-order valence-corrected chi connectivity index (χ1v) is 6.44. The molecular formula is C13H16N4O2. The van der Waals surface area contributed by atoms with E-state index in [0.29, 0.717) is 30.4 Å². The molecule has 19 heavy (non-hydrogen) atoms. The molecule has 2 aromatic rings. The zero-order chi connectivity index (χ0) is 13.1. The van der Waals surface area contributed by atoms with Crippen molar-refractivity contribution in [1.82, 2.24) is 15.1 Å². The van der Waals surface area contributed by atoms with Gasteiger partial charge in [-0.3, -0.25) is 4.98 Å². The standard InChI is InChI=1S/C13H16N4O2/c14-7-9-3-4-11(15-8-9)13-16-12(17-19-13)6-10-2-1-5-18-10/h3-4,8,10H,1-2,5-7,14H2. The van der Waals surface area contributed by atoms with Gasteiger partial charge < -0.3 is 15.0 Å². The van der Waals surface area contributed by atoms with Crippen LogP contribution >= 0.6 is 0 Å². The minimum atomic E-state index is 0.220. The Labute approximate surface area is 111 Å². The smallest absolute Gasteiger partial charge is 0.276 e. The zero-order valence-corrected chi connectivity index (χ0v) is 10.6. The molecule has 6 heteroatoms. The van der Waals surface area contributed by atoms with E-state index in [2.05, 4.69) is 15.1 Å². The van der Waals surface area contributed by atoms with Crippen LogP contribution in [0.5, 0.6) is 0 Å². The normalized spacial score (nSPS) is 18.9. The van der Waals surface area contributed by atoms with Crippen LogP contribution in [-0.2, 0) is 17.7 Å². The Kier molecular flexibility index (Phi) is 3.52. The molecule has 1 aliphatic rings. The fourth-order valence-corrected chi connectivity index (χ4v) is 2.12. The fourth-order valence-electron chi connectivity index (χ4n) is 2.12. The summed E-state index contributed by atoms with van der Waals surface area (Å²) in [6.45, 7) is 1.30. The van der Waals surface area contributed by atoms with Gasteiger partial charge in [-0.05, 0) is 24.5 Å². The lowest BCUT2D eigenvalue weighted by Crippen LogP contribution is -2.09. The van der Waals surface area contributed by atoms with Crippen LogP contribution in [0.1, 0.15) is 24.2 Å². The van der Waals surface area contributed by atoms with Gasteiger partial charge in [0.15, 0.2) is 5.82 Å². The number of hydrogen-bond donors (Lipinski definition) is 1. The van der Waals surface area contributed by atoms with Gasteiger partial charge >= 0.3 is 0 Å². The van der Waals surface area contributed by atoms with Crippen molar-refractivity contribution < 1.29 is 9.26 Å². The third kappa shape index (κ3) is 2.80. The number of nitrogens with zero attached hydrogens (tertiary/aromatic N) is 3. The number of pyridine rings is 1. The first-order valence-electron chi connectivity index (χ1n) is 6.44. The van der Waals surface area contributed by atoms with Crippen LogP contribution in [-0.4, -0.2) is 27.8 Å². The van der Waals surface area contributed by atoms with Gasteiger partial charge in [0.05, 0.1) is 6.10 Å². The van der Waals surface area contributed by atoms with Crippen LogP contribution in [0.4, 0.5) is 0 Å². The van der Waals surface area contributed by atoms with Gasteiger partial charge in [-0.25, -0.2) is 0 Å². The largest absolute Gasteiger partial charge is 0.378 e. The molecule has 0 bridgehead atoms. The summed E-state index contributed by atoms with van der Waals surface area (Å²) in [6.07, 6.45) is 4.81. The summed E-state index contributed by atoms with van der Waals surface area (Å²) in [4.78, 5) is 8.61. The molecule has 0 radical (unpaired) electrons. The molecule has 0 aliphatic carbocycles. The van der Waals surface area contributed by atoms with Crippen molar-refractivity contribution in [2.24, 2.45) is 5.73 Å². The average molecular weight is 260 g/mol.